The first-order valence-corrected chi connectivity index (χ1v) is 6.43. The summed E-state index contributed by atoms with van der Waals surface area (Å²) in [6, 6.07) is 6.15. The summed E-state index contributed by atoms with van der Waals surface area (Å²) < 4.78 is 5.24. The number of carbonyl (C=O) groups is 1. The van der Waals surface area contributed by atoms with E-state index in [4.69, 9.17) is 4.74 Å². The van der Waals surface area contributed by atoms with Gasteiger partial charge in [-0.25, -0.2) is 0 Å². The van der Waals surface area contributed by atoms with Crippen LogP contribution in [0.2, 0.25) is 0 Å². The predicted octanol–water partition coefficient (Wildman–Crippen LogP) is 1.22. The third-order valence-corrected chi connectivity index (χ3v) is 3.87. The van der Waals surface area contributed by atoms with Gasteiger partial charge >= 0.3 is 0 Å². The number of hydrogen-bond donors (Lipinski definition) is 1. The molecule has 1 N–H and O–H groups in total. The molecule has 5 heteroatoms. The van der Waals surface area contributed by atoms with Crippen LogP contribution in [0.15, 0.2) is 18.2 Å². The summed E-state index contributed by atoms with van der Waals surface area (Å²) in [5, 5.41) is 3.15. The second-order valence-electron chi connectivity index (χ2n) is 5.00. The fourth-order valence-corrected chi connectivity index (χ4v) is 2.57. The van der Waals surface area contributed by atoms with Crippen molar-refractivity contribution in [1.29, 1.82) is 0 Å². The van der Waals surface area contributed by atoms with Gasteiger partial charge in [0.25, 0.3) is 0 Å². The topological polar surface area (TPSA) is 41.6 Å². The van der Waals surface area contributed by atoms with E-state index in [0.29, 0.717) is 5.91 Å². The van der Waals surface area contributed by atoms with Crippen LogP contribution < -0.4 is 10.1 Å². The van der Waals surface area contributed by atoms with Crippen LogP contribution in [0.5, 0.6) is 5.75 Å². The molecule has 4 nitrogen and oxygen atoms in total. The molecule has 0 atom stereocenters. The monoisotopic (exact) mass is 282 g/mol. The zero-order valence-electron chi connectivity index (χ0n) is 11.0. The highest BCUT2D eigenvalue weighted by Gasteiger charge is 2.30. The Kier molecular flexibility index (Phi) is 4.32. The minimum Gasteiger partial charge on any atom is -0.497 e. The molecule has 2 aliphatic rings. The Morgan fingerprint density at radius 3 is 2.79 bits per heavy atom. The number of methoxy groups -OCH3 is 1. The van der Waals surface area contributed by atoms with Gasteiger partial charge in [-0.2, -0.15) is 0 Å². The first-order chi connectivity index (χ1) is 8.78. The van der Waals surface area contributed by atoms with E-state index in [1.807, 2.05) is 17.0 Å². The van der Waals surface area contributed by atoms with E-state index >= 15 is 0 Å². The van der Waals surface area contributed by atoms with E-state index in [1.54, 1.807) is 7.11 Å². The average molecular weight is 283 g/mol. The number of nitrogens with zero attached hydrogens (tertiary/aromatic N) is 1. The Labute approximate surface area is 119 Å². The van der Waals surface area contributed by atoms with Crippen molar-refractivity contribution in [1.82, 2.24) is 10.2 Å². The molecule has 19 heavy (non-hydrogen) atoms. The number of carbonyl (C=O) groups excluding carboxylic acids is 1. The molecule has 0 spiro atoms. The molecule has 0 radical (unpaired) electrons. The first kappa shape index (κ1) is 14.2. The van der Waals surface area contributed by atoms with E-state index < -0.39 is 0 Å². The van der Waals surface area contributed by atoms with E-state index in [1.165, 1.54) is 11.1 Å². The van der Waals surface area contributed by atoms with Crippen molar-refractivity contribution in [2.45, 2.75) is 13.0 Å². The largest absolute Gasteiger partial charge is 0.497 e. The van der Waals surface area contributed by atoms with Gasteiger partial charge in [-0.3, -0.25) is 4.79 Å². The first-order valence-electron chi connectivity index (χ1n) is 6.43. The van der Waals surface area contributed by atoms with Gasteiger partial charge in [-0.05, 0) is 29.7 Å². The molecule has 1 amide bonds. The maximum Gasteiger partial charge on any atom is 0.228 e. The van der Waals surface area contributed by atoms with Crippen LogP contribution in [0.25, 0.3) is 0 Å². The lowest BCUT2D eigenvalue weighted by atomic mass is 9.96. The highest BCUT2D eigenvalue weighted by molar-refractivity contribution is 5.85. The average Bonchev–Trinajstić information content (AvgIpc) is 2.35. The van der Waals surface area contributed by atoms with Gasteiger partial charge in [0, 0.05) is 26.2 Å². The van der Waals surface area contributed by atoms with E-state index in [2.05, 4.69) is 11.4 Å². The van der Waals surface area contributed by atoms with Crippen molar-refractivity contribution in [2.24, 2.45) is 5.92 Å². The lowest BCUT2D eigenvalue weighted by Crippen LogP contribution is -2.52. The smallest absolute Gasteiger partial charge is 0.228 e. The Morgan fingerprint density at radius 2 is 2.16 bits per heavy atom. The van der Waals surface area contributed by atoms with Gasteiger partial charge in [0.2, 0.25) is 5.91 Å². The molecule has 2 heterocycles. The van der Waals surface area contributed by atoms with Gasteiger partial charge in [-0.15, -0.1) is 12.4 Å². The molecule has 104 valence electrons. The molecule has 0 bridgehead atoms. The van der Waals surface area contributed by atoms with E-state index in [9.17, 15) is 4.79 Å². The molecule has 1 aromatic carbocycles. The van der Waals surface area contributed by atoms with Crippen molar-refractivity contribution >= 4 is 18.3 Å². The molecule has 2 aliphatic heterocycles. The fraction of sp³-hybridized carbons (Fsp3) is 0.500. The van der Waals surface area contributed by atoms with E-state index in [0.717, 1.165) is 38.3 Å². The van der Waals surface area contributed by atoms with Gasteiger partial charge in [-0.1, -0.05) is 6.07 Å². The van der Waals surface area contributed by atoms with Gasteiger partial charge in [0.1, 0.15) is 5.75 Å². The number of amides is 1. The minimum absolute atomic E-state index is 0. The maximum absolute atomic E-state index is 12.2. The number of hydrogen-bond acceptors (Lipinski definition) is 3. The van der Waals surface area contributed by atoms with Crippen LogP contribution in [0, 0.1) is 5.92 Å². The number of fused-ring (bicyclic) bond motifs is 1. The second kappa shape index (κ2) is 5.80. The predicted molar refractivity (Wildman–Crippen MR) is 75.7 cm³/mol. The zero-order chi connectivity index (χ0) is 12.5. The van der Waals surface area contributed by atoms with Crippen molar-refractivity contribution in [3.8, 4) is 5.75 Å². The number of halogens is 1. The van der Waals surface area contributed by atoms with Crippen LogP contribution in [-0.4, -0.2) is 37.6 Å². The summed E-state index contributed by atoms with van der Waals surface area (Å²) in [5.74, 6) is 1.35. The molecule has 1 fully saturated rings. The van der Waals surface area contributed by atoms with Crippen molar-refractivity contribution in [3.05, 3.63) is 29.3 Å². The third-order valence-electron chi connectivity index (χ3n) is 3.87. The quantitative estimate of drug-likeness (QED) is 0.887. The Hall–Kier alpha value is -1.26. The van der Waals surface area contributed by atoms with Crippen molar-refractivity contribution < 1.29 is 9.53 Å². The fourth-order valence-electron chi connectivity index (χ4n) is 2.57. The Balaban J connectivity index is 0.00000133. The molecular formula is C14H19ClN2O2. The highest BCUT2D eigenvalue weighted by Crippen LogP contribution is 2.25. The van der Waals surface area contributed by atoms with Crippen molar-refractivity contribution in [3.63, 3.8) is 0 Å². The number of nitrogens with one attached hydrogen (secondary N) is 1. The minimum atomic E-state index is 0. The standard InChI is InChI=1S/C14H18N2O2.ClH/c1-18-13-3-2-10-4-5-16(9-11(10)6-13)14(17)12-7-15-8-12;/h2-3,6,12,15H,4-5,7-9H2,1H3;1H. The van der Waals surface area contributed by atoms with Gasteiger partial charge in [0.05, 0.1) is 13.0 Å². The van der Waals surface area contributed by atoms with E-state index in [-0.39, 0.29) is 18.3 Å². The Morgan fingerprint density at radius 1 is 1.37 bits per heavy atom. The zero-order valence-corrected chi connectivity index (χ0v) is 11.8. The van der Waals surface area contributed by atoms with Crippen LogP contribution in [0.4, 0.5) is 0 Å². The van der Waals surface area contributed by atoms with Crippen LogP contribution >= 0.6 is 12.4 Å². The maximum atomic E-state index is 12.2. The molecule has 0 unspecified atom stereocenters. The molecule has 3 rings (SSSR count). The number of benzene rings is 1. The summed E-state index contributed by atoms with van der Waals surface area (Å²) in [7, 11) is 1.67. The molecule has 0 aliphatic carbocycles. The van der Waals surface area contributed by atoms with Crippen molar-refractivity contribution in [2.75, 3.05) is 26.7 Å². The third kappa shape index (κ3) is 2.69. The summed E-state index contributed by atoms with van der Waals surface area (Å²) >= 11 is 0. The number of rotatable bonds is 2. The molecule has 1 aromatic rings. The summed E-state index contributed by atoms with van der Waals surface area (Å²) in [6.45, 7) is 3.23. The lowest BCUT2D eigenvalue weighted by molar-refractivity contribution is -0.138. The normalized spacial score (nSPS) is 18.1. The van der Waals surface area contributed by atoms with Crippen LogP contribution in [0.3, 0.4) is 0 Å². The number of ether oxygens (including phenoxy) is 1. The van der Waals surface area contributed by atoms with Crippen LogP contribution in [-0.2, 0) is 17.8 Å². The summed E-state index contributed by atoms with van der Waals surface area (Å²) in [5.41, 5.74) is 2.56. The SMILES string of the molecule is COc1ccc2c(c1)CN(C(=O)C1CNC1)CC2.Cl. The molecular weight excluding hydrogens is 264 g/mol. The second-order valence-corrected chi connectivity index (χ2v) is 5.00. The molecule has 0 saturated carbocycles. The Bertz CT molecular complexity index is 475. The summed E-state index contributed by atoms with van der Waals surface area (Å²) in [6.07, 6.45) is 0.950. The lowest BCUT2D eigenvalue weighted by Gasteiger charge is -2.35. The molecule has 1 saturated heterocycles. The van der Waals surface area contributed by atoms with Gasteiger partial charge < -0.3 is 15.0 Å². The summed E-state index contributed by atoms with van der Waals surface area (Å²) in [4.78, 5) is 14.2. The van der Waals surface area contributed by atoms with Gasteiger partial charge in [0.15, 0.2) is 0 Å². The van der Waals surface area contributed by atoms with Crippen LogP contribution in [0.1, 0.15) is 11.1 Å². The molecule has 0 aromatic heterocycles. The highest BCUT2D eigenvalue weighted by atomic mass is 35.5.